The number of hydrogen-bond donors (Lipinski definition) is 1. The van der Waals surface area contributed by atoms with Gasteiger partial charge in [-0.2, -0.15) is 0 Å². The van der Waals surface area contributed by atoms with Crippen LogP contribution in [0.2, 0.25) is 0 Å². The second-order valence-corrected chi connectivity index (χ2v) is 4.20. The fraction of sp³-hybridized carbons (Fsp3) is 0.0909. The molecule has 1 aromatic carbocycles. The van der Waals surface area contributed by atoms with Crippen molar-refractivity contribution in [1.29, 1.82) is 0 Å². The molecule has 0 spiro atoms. The third-order valence-electron chi connectivity index (χ3n) is 1.92. The summed E-state index contributed by atoms with van der Waals surface area (Å²) in [6.45, 7) is 1.98. The molecule has 0 aliphatic heterocycles. The molecule has 0 fully saturated rings. The van der Waals surface area contributed by atoms with Gasteiger partial charge in [-0.3, -0.25) is 0 Å². The van der Waals surface area contributed by atoms with Gasteiger partial charge in [0.2, 0.25) is 0 Å². The summed E-state index contributed by atoms with van der Waals surface area (Å²) in [5.41, 5.74) is 1.14. The van der Waals surface area contributed by atoms with Gasteiger partial charge in [-0.1, -0.05) is 29.0 Å². The Morgan fingerprint density at radius 1 is 1.38 bits per heavy atom. The largest absolute Gasteiger partial charge is 0.477 e. The van der Waals surface area contributed by atoms with E-state index in [4.69, 9.17) is 9.84 Å². The topological polar surface area (TPSA) is 59.4 Å². The number of nitrogens with zero attached hydrogens (tertiary/aromatic N) is 1. The van der Waals surface area contributed by atoms with Gasteiger partial charge in [-0.25, -0.2) is 9.78 Å². The standard InChI is InChI=1S/C11H9NO3S/c1-7-2-4-8(5-3-7)15-11-12-6-9(16-11)10(13)14/h2-6H,1H3,(H,13,14). The number of benzene rings is 1. The predicted molar refractivity (Wildman–Crippen MR) is 60.3 cm³/mol. The second kappa shape index (κ2) is 4.32. The molecule has 1 N–H and O–H groups in total. The van der Waals surface area contributed by atoms with E-state index >= 15 is 0 Å². The van der Waals surface area contributed by atoms with Crippen LogP contribution < -0.4 is 4.74 Å². The van der Waals surface area contributed by atoms with Crippen molar-refractivity contribution in [1.82, 2.24) is 4.98 Å². The highest BCUT2D eigenvalue weighted by atomic mass is 32.1. The van der Waals surface area contributed by atoms with Gasteiger partial charge in [0, 0.05) is 0 Å². The molecule has 0 aliphatic rings. The van der Waals surface area contributed by atoms with Crippen LogP contribution in [0.4, 0.5) is 0 Å². The Morgan fingerprint density at radius 2 is 2.06 bits per heavy atom. The Balaban J connectivity index is 2.14. The average molecular weight is 235 g/mol. The van der Waals surface area contributed by atoms with Gasteiger partial charge in [0.15, 0.2) is 0 Å². The summed E-state index contributed by atoms with van der Waals surface area (Å²) >= 11 is 1.01. The van der Waals surface area contributed by atoms with Gasteiger partial charge in [0.25, 0.3) is 5.19 Å². The van der Waals surface area contributed by atoms with Crippen LogP contribution in [0.1, 0.15) is 15.2 Å². The Morgan fingerprint density at radius 3 is 2.62 bits per heavy atom. The third kappa shape index (κ3) is 2.38. The number of ether oxygens (including phenoxy) is 1. The van der Waals surface area contributed by atoms with Crippen LogP contribution >= 0.6 is 11.3 Å². The Kier molecular flexibility index (Phi) is 2.87. The molecule has 0 saturated heterocycles. The summed E-state index contributed by atoms with van der Waals surface area (Å²) in [6, 6.07) is 7.47. The molecule has 0 amide bonds. The first kappa shape index (κ1) is 10.6. The highest BCUT2D eigenvalue weighted by Crippen LogP contribution is 2.26. The minimum absolute atomic E-state index is 0.169. The predicted octanol–water partition coefficient (Wildman–Crippen LogP) is 2.94. The Labute approximate surface area is 96.1 Å². The molecule has 16 heavy (non-hydrogen) atoms. The lowest BCUT2D eigenvalue weighted by Crippen LogP contribution is -1.89. The number of carbonyl (C=O) groups is 1. The van der Waals surface area contributed by atoms with Crippen molar-refractivity contribution >= 4 is 17.3 Å². The van der Waals surface area contributed by atoms with Crippen LogP contribution in [0.15, 0.2) is 30.5 Å². The van der Waals surface area contributed by atoms with E-state index in [1.165, 1.54) is 6.20 Å². The lowest BCUT2D eigenvalue weighted by Gasteiger charge is -2.00. The number of rotatable bonds is 3. The van der Waals surface area contributed by atoms with Crippen LogP contribution in [0.3, 0.4) is 0 Å². The summed E-state index contributed by atoms with van der Waals surface area (Å²) in [5, 5.41) is 9.05. The minimum Gasteiger partial charge on any atom is -0.477 e. The highest BCUT2D eigenvalue weighted by molar-refractivity contribution is 7.15. The number of hydrogen-bond acceptors (Lipinski definition) is 4. The first-order chi connectivity index (χ1) is 7.65. The zero-order valence-corrected chi connectivity index (χ0v) is 9.32. The van der Waals surface area contributed by atoms with Crippen molar-refractivity contribution < 1.29 is 14.6 Å². The average Bonchev–Trinajstić information content (AvgIpc) is 2.70. The lowest BCUT2D eigenvalue weighted by atomic mass is 10.2. The highest BCUT2D eigenvalue weighted by Gasteiger charge is 2.09. The maximum Gasteiger partial charge on any atom is 0.347 e. The van der Waals surface area contributed by atoms with Crippen LogP contribution in [-0.2, 0) is 0 Å². The molecular weight excluding hydrogens is 226 g/mol. The summed E-state index contributed by atoms with van der Waals surface area (Å²) in [6.07, 6.45) is 1.29. The van der Waals surface area contributed by atoms with Crippen LogP contribution in [0.5, 0.6) is 10.9 Å². The van der Waals surface area contributed by atoms with E-state index in [1.807, 2.05) is 31.2 Å². The maximum absolute atomic E-state index is 10.6. The van der Waals surface area contributed by atoms with E-state index in [0.29, 0.717) is 10.9 Å². The molecule has 2 rings (SSSR count). The van der Waals surface area contributed by atoms with E-state index in [9.17, 15) is 4.79 Å². The molecule has 1 aromatic heterocycles. The first-order valence-electron chi connectivity index (χ1n) is 4.59. The van der Waals surface area contributed by atoms with Gasteiger partial charge in [0.1, 0.15) is 10.6 Å². The fourth-order valence-corrected chi connectivity index (χ4v) is 1.74. The van der Waals surface area contributed by atoms with E-state index in [-0.39, 0.29) is 4.88 Å². The molecule has 0 unspecified atom stereocenters. The normalized spacial score (nSPS) is 10.1. The van der Waals surface area contributed by atoms with Gasteiger partial charge in [-0.05, 0) is 19.1 Å². The van der Waals surface area contributed by atoms with Crippen LogP contribution in [-0.4, -0.2) is 16.1 Å². The minimum atomic E-state index is -0.990. The quantitative estimate of drug-likeness (QED) is 0.888. The molecule has 5 heteroatoms. The van der Waals surface area contributed by atoms with Crippen molar-refractivity contribution in [2.24, 2.45) is 0 Å². The van der Waals surface area contributed by atoms with Gasteiger partial charge in [-0.15, -0.1) is 0 Å². The number of carboxylic acids is 1. The number of aryl methyl sites for hydroxylation is 1. The zero-order chi connectivity index (χ0) is 11.5. The zero-order valence-electron chi connectivity index (χ0n) is 8.51. The number of carboxylic acid groups (broad SMARTS) is 1. The summed E-state index contributed by atoms with van der Waals surface area (Å²) < 4.78 is 5.41. The molecule has 4 nitrogen and oxygen atoms in total. The summed E-state index contributed by atoms with van der Waals surface area (Å²) in [4.78, 5) is 14.7. The van der Waals surface area contributed by atoms with Crippen molar-refractivity contribution in [3.8, 4) is 10.9 Å². The molecular formula is C11H9NO3S. The van der Waals surface area contributed by atoms with Crippen molar-refractivity contribution in [2.75, 3.05) is 0 Å². The summed E-state index contributed by atoms with van der Waals surface area (Å²) in [5.74, 6) is -0.340. The van der Waals surface area contributed by atoms with E-state index in [2.05, 4.69) is 4.98 Å². The number of aromatic nitrogens is 1. The summed E-state index contributed by atoms with van der Waals surface area (Å²) in [7, 11) is 0. The third-order valence-corrected chi connectivity index (χ3v) is 2.78. The monoisotopic (exact) mass is 235 g/mol. The number of thiazole rings is 1. The van der Waals surface area contributed by atoms with E-state index < -0.39 is 5.97 Å². The van der Waals surface area contributed by atoms with Crippen LogP contribution in [0, 0.1) is 6.92 Å². The van der Waals surface area contributed by atoms with Crippen LogP contribution in [0.25, 0.3) is 0 Å². The SMILES string of the molecule is Cc1ccc(Oc2ncc(C(=O)O)s2)cc1. The molecule has 0 atom stereocenters. The van der Waals surface area contributed by atoms with E-state index in [0.717, 1.165) is 16.9 Å². The second-order valence-electron chi connectivity index (χ2n) is 3.21. The lowest BCUT2D eigenvalue weighted by molar-refractivity contribution is 0.0702. The molecule has 2 aromatic rings. The van der Waals surface area contributed by atoms with Crippen molar-refractivity contribution in [3.63, 3.8) is 0 Å². The molecule has 0 bridgehead atoms. The molecule has 1 heterocycles. The van der Waals surface area contributed by atoms with Gasteiger partial charge >= 0.3 is 5.97 Å². The first-order valence-corrected chi connectivity index (χ1v) is 5.40. The Hall–Kier alpha value is -1.88. The van der Waals surface area contributed by atoms with Gasteiger partial charge < -0.3 is 9.84 Å². The molecule has 0 aliphatic carbocycles. The maximum atomic E-state index is 10.6. The fourth-order valence-electron chi connectivity index (χ4n) is 1.11. The van der Waals surface area contributed by atoms with E-state index in [1.54, 1.807) is 0 Å². The molecule has 0 saturated carbocycles. The van der Waals surface area contributed by atoms with Crippen molar-refractivity contribution in [3.05, 3.63) is 40.9 Å². The van der Waals surface area contributed by atoms with Crippen molar-refractivity contribution in [2.45, 2.75) is 6.92 Å². The number of aromatic carboxylic acids is 1. The molecule has 82 valence electrons. The molecule has 0 radical (unpaired) electrons. The smallest absolute Gasteiger partial charge is 0.347 e. The Bertz CT molecular complexity index is 504. The van der Waals surface area contributed by atoms with Gasteiger partial charge in [0.05, 0.1) is 6.20 Å².